The van der Waals surface area contributed by atoms with E-state index in [1.165, 1.54) is 4.90 Å². The lowest BCUT2D eigenvalue weighted by Crippen LogP contribution is -2.45. The highest BCUT2D eigenvalue weighted by atomic mass is 16.2. The number of carbonyl (C=O) groups is 2. The van der Waals surface area contributed by atoms with Gasteiger partial charge in [0.15, 0.2) is 0 Å². The number of carbonyl (C=O) groups excluding carboxylic acids is 2. The summed E-state index contributed by atoms with van der Waals surface area (Å²) in [6.07, 6.45) is 5.67. The fraction of sp³-hybridized carbons (Fsp3) is 0.391. The zero-order chi connectivity index (χ0) is 21.0. The van der Waals surface area contributed by atoms with Crippen LogP contribution in [0.1, 0.15) is 29.7 Å². The van der Waals surface area contributed by atoms with Gasteiger partial charge in [-0.3, -0.25) is 4.79 Å². The quantitative estimate of drug-likeness (QED) is 0.692. The lowest BCUT2D eigenvalue weighted by atomic mass is 10.1. The molecule has 1 fully saturated rings. The summed E-state index contributed by atoms with van der Waals surface area (Å²) in [4.78, 5) is 29.4. The van der Waals surface area contributed by atoms with Crippen molar-refractivity contribution in [2.24, 2.45) is 7.05 Å². The van der Waals surface area contributed by atoms with Crippen molar-refractivity contribution in [2.75, 3.05) is 18.4 Å². The van der Waals surface area contributed by atoms with Crippen LogP contribution in [-0.2, 0) is 18.4 Å². The Bertz CT molecular complexity index is 878. The summed E-state index contributed by atoms with van der Waals surface area (Å²) in [7, 11) is 1.98. The summed E-state index contributed by atoms with van der Waals surface area (Å²) in [6, 6.07) is 9.86. The molecule has 1 aromatic heterocycles. The van der Waals surface area contributed by atoms with Crippen molar-refractivity contribution >= 4 is 17.6 Å². The highest BCUT2D eigenvalue weighted by molar-refractivity contribution is 5.93. The molecule has 0 saturated heterocycles. The van der Waals surface area contributed by atoms with Crippen molar-refractivity contribution in [3.63, 3.8) is 0 Å². The van der Waals surface area contributed by atoms with Crippen molar-refractivity contribution in [2.45, 2.75) is 39.3 Å². The predicted octanol–water partition coefficient (Wildman–Crippen LogP) is 3.85. The molecule has 1 aliphatic rings. The number of amides is 3. The van der Waals surface area contributed by atoms with Crippen LogP contribution in [0.2, 0.25) is 0 Å². The monoisotopic (exact) mass is 394 g/mol. The van der Waals surface area contributed by atoms with Crippen molar-refractivity contribution in [3.05, 3.63) is 66.0 Å². The molecule has 3 amide bonds. The van der Waals surface area contributed by atoms with E-state index in [0.29, 0.717) is 13.1 Å². The Morgan fingerprint density at radius 3 is 2.45 bits per heavy atom. The molecule has 0 unspecified atom stereocenters. The van der Waals surface area contributed by atoms with E-state index in [1.807, 2.05) is 66.9 Å². The first-order chi connectivity index (χ1) is 13.9. The minimum absolute atomic E-state index is 0.0315. The van der Waals surface area contributed by atoms with Gasteiger partial charge in [-0.2, -0.15) is 0 Å². The van der Waals surface area contributed by atoms with Crippen LogP contribution in [-0.4, -0.2) is 45.4 Å². The number of aryl methyl sites for hydroxylation is 3. The summed E-state index contributed by atoms with van der Waals surface area (Å²) < 4.78 is 2.03. The van der Waals surface area contributed by atoms with Crippen molar-refractivity contribution < 1.29 is 9.59 Å². The molecule has 0 aliphatic heterocycles. The molecule has 6 heteroatoms. The smallest absolute Gasteiger partial charge is 0.322 e. The van der Waals surface area contributed by atoms with E-state index in [1.54, 1.807) is 6.08 Å². The Balaban J connectivity index is 1.71. The highest BCUT2D eigenvalue weighted by Gasteiger charge is 2.34. The lowest BCUT2D eigenvalue weighted by molar-refractivity contribution is -0.133. The van der Waals surface area contributed by atoms with Gasteiger partial charge >= 0.3 is 6.03 Å². The van der Waals surface area contributed by atoms with E-state index in [9.17, 15) is 9.59 Å². The predicted molar refractivity (Wildman–Crippen MR) is 116 cm³/mol. The number of anilines is 1. The van der Waals surface area contributed by atoms with Crippen LogP contribution in [0.15, 0.2) is 49.2 Å². The number of benzene rings is 1. The Morgan fingerprint density at radius 1 is 1.21 bits per heavy atom. The second-order valence-corrected chi connectivity index (χ2v) is 7.73. The Labute approximate surface area is 172 Å². The summed E-state index contributed by atoms with van der Waals surface area (Å²) in [5, 5.41) is 2.97. The van der Waals surface area contributed by atoms with E-state index in [2.05, 4.69) is 11.9 Å². The van der Waals surface area contributed by atoms with E-state index >= 15 is 0 Å². The minimum Gasteiger partial charge on any atom is -0.353 e. The maximum atomic E-state index is 13.1. The van der Waals surface area contributed by atoms with Gasteiger partial charge in [-0.15, -0.1) is 6.58 Å². The molecule has 2 aromatic rings. The van der Waals surface area contributed by atoms with Crippen LogP contribution in [0.5, 0.6) is 0 Å². The number of hydrogen-bond acceptors (Lipinski definition) is 2. The van der Waals surface area contributed by atoms with Gasteiger partial charge in [0.05, 0.1) is 6.54 Å². The molecule has 1 N–H and O–H groups in total. The molecule has 154 valence electrons. The van der Waals surface area contributed by atoms with Crippen molar-refractivity contribution in [3.8, 4) is 0 Å². The number of nitrogens with one attached hydrogen (secondary N) is 1. The van der Waals surface area contributed by atoms with Crippen LogP contribution in [0, 0.1) is 13.8 Å². The average Bonchev–Trinajstić information content (AvgIpc) is 3.44. The molecule has 0 bridgehead atoms. The number of para-hydroxylation sites is 1. The van der Waals surface area contributed by atoms with Crippen LogP contribution < -0.4 is 5.32 Å². The average molecular weight is 395 g/mol. The van der Waals surface area contributed by atoms with Crippen LogP contribution in [0.25, 0.3) is 0 Å². The van der Waals surface area contributed by atoms with Gasteiger partial charge in [0.2, 0.25) is 5.91 Å². The standard InChI is InChI=1S/C23H30N4O2/c1-5-13-26(23(29)24-22-17(2)8-6-9-18(22)3)16-21(28)27(19-11-12-19)15-20-10-7-14-25(20)4/h5-10,14,19H,1,11-13,15-16H2,2-4H3,(H,24,29). The molecular weight excluding hydrogens is 364 g/mol. The molecule has 3 rings (SSSR count). The third-order valence-electron chi connectivity index (χ3n) is 5.37. The summed E-state index contributed by atoms with van der Waals surface area (Å²) >= 11 is 0. The number of urea groups is 1. The van der Waals surface area contributed by atoms with Gasteiger partial charge in [-0.1, -0.05) is 24.3 Å². The minimum atomic E-state index is -0.287. The third-order valence-corrected chi connectivity index (χ3v) is 5.37. The lowest BCUT2D eigenvalue weighted by Gasteiger charge is -2.28. The van der Waals surface area contributed by atoms with E-state index in [0.717, 1.165) is 35.3 Å². The number of hydrogen-bond donors (Lipinski definition) is 1. The molecular formula is C23H30N4O2. The van der Waals surface area contributed by atoms with Crippen LogP contribution >= 0.6 is 0 Å². The first kappa shape index (κ1) is 20.7. The molecule has 1 aliphatic carbocycles. The fourth-order valence-electron chi connectivity index (χ4n) is 3.47. The van der Waals surface area contributed by atoms with Crippen molar-refractivity contribution in [1.29, 1.82) is 0 Å². The summed E-state index contributed by atoms with van der Waals surface area (Å²) in [5.74, 6) is -0.0350. The zero-order valence-electron chi connectivity index (χ0n) is 17.5. The van der Waals surface area contributed by atoms with Gasteiger partial charge < -0.3 is 19.7 Å². The van der Waals surface area contributed by atoms with Gasteiger partial charge in [0.25, 0.3) is 0 Å². The molecule has 29 heavy (non-hydrogen) atoms. The first-order valence-electron chi connectivity index (χ1n) is 10.0. The largest absolute Gasteiger partial charge is 0.353 e. The highest BCUT2D eigenvalue weighted by Crippen LogP contribution is 2.29. The molecule has 0 atom stereocenters. The molecule has 1 aromatic carbocycles. The zero-order valence-corrected chi connectivity index (χ0v) is 17.5. The Hall–Kier alpha value is -3.02. The SMILES string of the molecule is C=CCN(CC(=O)N(Cc1cccn1C)C1CC1)C(=O)Nc1c(C)cccc1C. The van der Waals surface area contributed by atoms with Gasteiger partial charge in [0.1, 0.15) is 6.54 Å². The van der Waals surface area contributed by atoms with Crippen molar-refractivity contribution in [1.82, 2.24) is 14.4 Å². The van der Waals surface area contributed by atoms with Gasteiger partial charge in [-0.05, 0) is 49.9 Å². The fourth-order valence-corrected chi connectivity index (χ4v) is 3.47. The van der Waals surface area contributed by atoms with E-state index < -0.39 is 0 Å². The first-order valence-corrected chi connectivity index (χ1v) is 10.0. The van der Waals surface area contributed by atoms with Gasteiger partial charge in [-0.25, -0.2) is 4.79 Å². The Kier molecular flexibility index (Phi) is 6.42. The molecule has 6 nitrogen and oxygen atoms in total. The molecule has 0 spiro atoms. The summed E-state index contributed by atoms with van der Waals surface area (Å²) in [6.45, 7) is 8.57. The van der Waals surface area contributed by atoms with Gasteiger partial charge in [0, 0.05) is 37.2 Å². The van der Waals surface area contributed by atoms with Crippen LogP contribution in [0.3, 0.4) is 0 Å². The maximum absolute atomic E-state index is 13.1. The number of nitrogens with zero attached hydrogens (tertiary/aromatic N) is 3. The molecule has 1 saturated carbocycles. The van der Waals surface area contributed by atoms with Crippen LogP contribution in [0.4, 0.5) is 10.5 Å². The Morgan fingerprint density at radius 2 is 1.90 bits per heavy atom. The number of aromatic nitrogens is 1. The second kappa shape index (κ2) is 8.99. The molecule has 0 radical (unpaired) electrons. The van der Waals surface area contributed by atoms with E-state index in [4.69, 9.17) is 0 Å². The third kappa shape index (κ3) is 5.08. The maximum Gasteiger partial charge on any atom is 0.322 e. The van der Waals surface area contributed by atoms with E-state index in [-0.39, 0.29) is 24.5 Å². The normalized spacial score (nSPS) is 13.1. The summed E-state index contributed by atoms with van der Waals surface area (Å²) in [5.41, 5.74) is 3.86. The molecule has 1 heterocycles. The number of rotatable bonds is 8. The topological polar surface area (TPSA) is 57.6 Å². The second-order valence-electron chi connectivity index (χ2n) is 7.73.